The second-order valence-corrected chi connectivity index (χ2v) is 5.50. The second-order valence-electron chi connectivity index (χ2n) is 3.57. The average molecular weight is 241 g/mol. The highest BCUT2D eigenvalue weighted by Gasteiger charge is 2.18. The van der Waals surface area contributed by atoms with Crippen molar-refractivity contribution in [3.05, 3.63) is 16.6 Å². The van der Waals surface area contributed by atoms with Crippen molar-refractivity contribution in [3.8, 4) is 0 Å². The molecule has 0 aliphatic carbocycles. The molecule has 1 aromatic heterocycles. The van der Waals surface area contributed by atoms with Crippen LogP contribution in [0.2, 0.25) is 0 Å². The zero-order chi connectivity index (χ0) is 10.7. The summed E-state index contributed by atoms with van der Waals surface area (Å²) in [5.41, 5.74) is 0. The molecule has 0 radical (unpaired) electrons. The monoisotopic (exact) mass is 241 g/mol. The van der Waals surface area contributed by atoms with Gasteiger partial charge in [0.25, 0.3) is 0 Å². The van der Waals surface area contributed by atoms with Gasteiger partial charge >= 0.3 is 0 Å². The van der Waals surface area contributed by atoms with Crippen LogP contribution in [0.4, 0.5) is 0 Å². The van der Waals surface area contributed by atoms with E-state index in [2.05, 4.69) is 29.1 Å². The Balaban J connectivity index is 2.00. The Morgan fingerprint density at radius 3 is 3.07 bits per heavy atom. The van der Waals surface area contributed by atoms with Crippen molar-refractivity contribution in [2.45, 2.75) is 32.4 Å². The molecule has 2 heterocycles. The van der Waals surface area contributed by atoms with Crippen molar-refractivity contribution in [1.82, 2.24) is 10.3 Å². The summed E-state index contributed by atoms with van der Waals surface area (Å²) in [6.07, 6.45) is 2.90. The number of hydrogen-bond donors (Lipinski definition) is 1. The minimum absolute atomic E-state index is 0.321. The van der Waals surface area contributed by atoms with E-state index in [-0.39, 0.29) is 0 Å². The van der Waals surface area contributed by atoms with Gasteiger partial charge in [0, 0.05) is 17.3 Å². The average Bonchev–Trinajstić information content (AvgIpc) is 2.85. The topological polar surface area (TPSA) is 37.3 Å². The molecular formula is C10H15N3S2. The fraction of sp³-hybridized carbons (Fsp3) is 0.600. The number of aliphatic imine (C=N–C) groups is 1. The van der Waals surface area contributed by atoms with Gasteiger partial charge in [-0.25, -0.2) is 4.98 Å². The van der Waals surface area contributed by atoms with Crippen LogP contribution in [0.1, 0.15) is 31.3 Å². The molecule has 0 amide bonds. The molecule has 1 aromatic rings. The van der Waals surface area contributed by atoms with Crippen LogP contribution in [0.15, 0.2) is 16.6 Å². The minimum atomic E-state index is 0.321. The van der Waals surface area contributed by atoms with Crippen LogP contribution in [-0.2, 0) is 0 Å². The van der Waals surface area contributed by atoms with E-state index in [1.165, 1.54) is 0 Å². The van der Waals surface area contributed by atoms with Crippen LogP contribution in [-0.4, -0.2) is 21.9 Å². The van der Waals surface area contributed by atoms with Crippen molar-refractivity contribution in [2.24, 2.45) is 4.99 Å². The number of nitrogens with one attached hydrogen (secondary N) is 1. The molecule has 5 heteroatoms. The van der Waals surface area contributed by atoms with Gasteiger partial charge in [0.1, 0.15) is 5.01 Å². The molecule has 0 bridgehead atoms. The molecule has 1 N–H and O–H groups in total. The van der Waals surface area contributed by atoms with Crippen molar-refractivity contribution < 1.29 is 0 Å². The summed E-state index contributed by atoms with van der Waals surface area (Å²) in [5.74, 6) is 1.09. The zero-order valence-electron chi connectivity index (χ0n) is 8.93. The van der Waals surface area contributed by atoms with Gasteiger partial charge < -0.3 is 5.32 Å². The van der Waals surface area contributed by atoms with Crippen LogP contribution in [0.5, 0.6) is 0 Å². The third-order valence-corrected chi connectivity index (χ3v) is 4.29. The van der Waals surface area contributed by atoms with Crippen molar-refractivity contribution in [3.63, 3.8) is 0 Å². The summed E-state index contributed by atoms with van der Waals surface area (Å²) in [5, 5.41) is 7.71. The summed E-state index contributed by atoms with van der Waals surface area (Å²) >= 11 is 3.51. The molecule has 2 rings (SSSR count). The molecule has 82 valence electrons. The van der Waals surface area contributed by atoms with Gasteiger partial charge in [0.05, 0.1) is 12.1 Å². The highest BCUT2D eigenvalue weighted by molar-refractivity contribution is 8.14. The molecular weight excluding hydrogens is 226 g/mol. The molecule has 2 unspecified atom stereocenters. The summed E-state index contributed by atoms with van der Waals surface area (Å²) in [7, 11) is 0. The molecule has 0 saturated heterocycles. The van der Waals surface area contributed by atoms with E-state index < -0.39 is 0 Å². The van der Waals surface area contributed by atoms with E-state index in [0.29, 0.717) is 12.1 Å². The molecule has 15 heavy (non-hydrogen) atoms. The molecule has 1 aliphatic heterocycles. The lowest BCUT2D eigenvalue weighted by Crippen LogP contribution is -2.24. The first-order valence-electron chi connectivity index (χ1n) is 5.16. The number of thioether (sulfide) groups is 1. The number of thiazole rings is 1. The highest BCUT2D eigenvalue weighted by atomic mass is 32.2. The Labute approximate surface area is 98.4 Å². The van der Waals surface area contributed by atoms with Gasteiger partial charge in [-0.05, 0) is 13.3 Å². The number of aromatic nitrogens is 1. The molecule has 0 spiro atoms. The summed E-state index contributed by atoms with van der Waals surface area (Å²) < 4.78 is 0. The Morgan fingerprint density at radius 2 is 2.53 bits per heavy atom. The Hall–Kier alpha value is -0.550. The molecule has 2 atom stereocenters. The lowest BCUT2D eigenvalue weighted by Gasteiger charge is -2.14. The van der Waals surface area contributed by atoms with Crippen LogP contribution in [0, 0.1) is 0 Å². The van der Waals surface area contributed by atoms with Crippen molar-refractivity contribution in [1.29, 1.82) is 0 Å². The lowest BCUT2D eigenvalue weighted by atomic mass is 10.2. The fourth-order valence-corrected chi connectivity index (χ4v) is 3.17. The molecule has 1 aliphatic rings. The second kappa shape index (κ2) is 4.99. The normalized spacial score (nSPS) is 22.5. The maximum atomic E-state index is 4.53. The SMILES string of the molecule is CCC(NC1=NC(C)CS1)c1nccs1. The highest BCUT2D eigenvalue weighted by Crippen LogP contribution is 2.23. The van der Waals surface area contributed by atoms with Gasteiger partial charge in [0.2, 0.25) is 0 Å². The number of hydrogen-bond acceptors (Lipinski definition) is 5. The lowest BCUT2D eigenvalue weighted by molar-refractivity contribution is 0.624. The van der Waals surface area contributed by atoms with Gasteiger partial charge in [-0.2, -0.15) is 0 Å². The van der Waals surface area contributed by atoms with E-state index in [1.807, 2.05) is 23.3 Å². The quantitative estimate of drug-likeness (QED) is 0.884. The first-order chi connectivity index (χ1) is 7.29. The van der Waals surface area contributed by atoms with E-state index in [0.717, 1.165) is 22.3 Å². The van der Waals surface area contributed by atoms with Crippen LogP contribution in [0.3, 0.4) is 0 Å². The van der Waals surface area contributed by atoms with Gasteiger partial charge in [0.15, 0.2) is 5.17 Å². The van der Waals surface area contributed by atoms with Gasteiger partial charge in [-0.3, -0.25) is 4.99 Å². The third kappa shape index (κ3) is 2.72. The van der Waals surface area contributed by atoms with Crippen molar-refractivity contribution in [2.75, 3.05) is 5.75 Å². The van der Waals surface area contributed by atoms with Crippen LogP contribution < -0.4 is 5.32 Å². The third-order valence-electron chi connectivity index (χ3n) is 2.25. The number of nitrogens with zero attached hydrogens (tertiary/aromatic N) is 2. The van der Waals surface area contributed by atoms with E-state index in [9.17, 15) is 0 Å². The molecule has 0 saturated carbocycles. The fourth-order valence-electron chi connectivity index (χ4n) is 1.45. The van der Waals surface area contributed by atoms with E-state index in [1.54, 1.807) is 11.3 Å². The smallest absolute Gasteiger partial charge is 0.157 e. The predicted octanol–water partition coefficient (Wildman–Crippen LogP) is 2.68. The Kier molecular flexibility index (Phi) is 3.64. The molecule has 0 fully saturated rings. The van der Waals surface area contributed by atoms with Gasteiger partial charge in [-0.15, -0.1) is 11.3 Å². The maximum absolute atomic E-state index is 4.53. The van der Waals surface area contributed by atoms with Crippen LogP contribution in [0.25, 0.3) is 0 Å². The number of amidine groups is 1. The minimum Gasteiger partial charge on any atom is -0.356 e. The summed E-state index contributed by atoms with van der Waals surface area (Å²) in [6.45, 7) is 4.31. The maximum Gasteiger partial charge on any atom is 0.157 e. The summed E-state index contributed by atoms with van der Waals surface area (Å²) in [6, 6.07) is 0.771. The predicted molar refractivity (Wildman–Crippen MR) is 67.6 cm³/mol. The standard InChI is InChI=1S/C10H15N3S2/c1-3-8(9-11-4-5-14-9)13-10-12-7(2)6-15-10/h4-5,7-8H,3,6H2,1-2H3,(H,12,13). The van der Waals surface area contributed by atoms with E-state index >= 15 is 0 Å². The largest absolute Gasteiger partial charge is 0.356 e. The van der Waals surface area contributed by atoms with E-state index in [4.69, 9.17) is 0 Å². The summed E-state index contributed by atoms with van der Waals surface area (Å²) in [4.78, 5) is 8.87. The first-order valence-corrected chi connectivity index (χ1v) is 7.02. The van der Waals surface area contributed by atoms with Gasteiger partial charge in [-0.1, -0.05) is 18.7 Å². The Bertz CT molecular complexity index is 334. The van der Waals surface area contributed by atoms with Crippen molar-refractivity contribution >= 4 is 28.3 Å². The first kappa shape index (κ1) is 11.0. The molecule has 3 nitrogen and oxygen atoms in total. The molecule has 0 aromatic carbocycles. The zero-order valence-corrected chi connectivity index (χ0v) is 10.6. The Morgan fingerprint density at radius 1 is 1.67 bits per heavy atom. The number of rotatable bonds is 3. The van der Waals surface area contributed by atoms with Crippen LogP contribution >= 0.6 is 23.1 Å².